The minimum absolute atomic E-state index is 0.769. The van der Waals surface area contributed by atoms with Crippen molar-refractivity contribution in [1.82, 2.24) is 5.32 Å². The van der Waals surface area contributed by atoms with E-state index in [9.17, 15) is 0 Å². The zero-order chi connectivity index (χ0) is 14.5. The SMILES string of the molecule is CNC/C(=C/c1cccc2ccccc12)C1CCCCC1. The monoisotopic (exact) mass is 279 g/mol. The topological polar surface area (TPSA) is 12.0 Å². The first-order chi connectivity index (χ1) is 10.4. The second-order valence-electron chi connectivity index (χ2n) is 6.15. The number of rotatable bonds is 4. The van der Waals surface area contributed by atoms with Gasteiger partial charge in [-0.05, 0) is 42.1 Å². The Morgan fingerprint density at radius 3 is 2.62 bits per heavy atom. The molecule has 110 valence electrons. The molecule has 0 unspecified atom stereocenters. The van der Waals surface area contributed by atoms with Crippen LogP contribution in [0.1, 0.15) is 37.7 Å². The largest absolute Gasteiger partial charge is 0.316 e. The molecule has 0 aliphatic heterocycles. The second kappa shape index (κ2) is 6.91. The lowest BCUT2D eigenvalue weighted by atomic mass is 9.82. The fourth-order valence-electron chi connectivity index (χ4n) is 3.57. The van der Waals surface area contributed by atoms with E-state index in [0.29, 0.717) is 0 Å². The number of hydrogen-bond acceptors (Lipinski definition) is 1. The molecule has 1 fully saturated rings. The fraction of sp³-hybridized carbons (Fsp3) is 0.400. The minimum Gasteiger partial charge on any atom is -0.316 e. The Kier molecular flexibility index (Phi) is 4.72. The van der Waals surface area contributed by atoms with E-state index >= 15 is 0 Å². The van der Waals surface area contributed by atoms with Crippen LogP contribution in [-0.2, 0) is 0 Å². The van der Waals surface area contributed by atoms with Crippen molar-refractivity contribution < 1.29 is 0 Å². The lowest BCUT2D eigenvalue weighted by Gasteiger charge is -2.25. The first kappa shape index (κ1) is 14.3. The van der Waals surface area contributed by atoms with Gasteiger partial charge in [0.15, 0.2) is 0 Å². The van der Waals surface area contributed by atoms with Crippen LogP contribution in [0.5, 0.6) is 0 Å². The number of benzene rings is 2. The highest BCUT2D eigenvalue weighted by molar-refractivity contribution is 5.90. The van der Waals surface area contributed by atoms with Gasteiger partial charge >= 0.3 is 0 Å². The number of fused-ring (bicyclic) bond motifs is 1. The standard InChI is InChI=1S/C20H25N/c1-21-15-19(16-8-3-2-4-9-16)14-18-12-7-11-17-10-5-6-13-20(17)18/h5-7,10-14,16,21H,2-4,8-9,15H2,1H3/b19-14-. The van der Waals surface area contributed by atoms with Crippen molar-refractivity contribution in [1.29, 1.82) is 0 Å². The summed E-state index contributed by atoms with van der Waals surface area (Å²) in [6.45, 7) is 1.01. The van der Waals surface area contributed by atoms with E-state index in [1.54, 1.807) is 5.57 Å². The smallest absolute Gasteiger partial charge is 0.0167 e. The summed E-state index contributed by atoms with van der Waals surface area (Å²) in [6.07, 6.45) is 9.35. The molecule has 1 heteroatoms. The molecule has 3 rings (SSSR count). The van der Waals surface area contributed by atoms with Gasteiger partial charge in [-0.1, -0.05) is 73.4 Å². The highest BCUT2D eigenvalue weighted by atomic mass is 14.8. The van der Waals surface area contributed by atoms with Crippen LogP contribution < -0.4 is 5.32 Å². The number of nitrogens with one attached hydrogen (secondary N) is 1. The molecule has 1 aliphatic carbocycles. The first-order valence-corrected chi connectivity index (χ1v) is 8.21. The van der Waals surface area contributed by atoms with Crippen molar-refractivity contribution in [2.75, 3.05) is 13.6 Å². The first-order valence-electron chi connectivity index (χ1n) is 8.21. The minimum atomic E-state index is 0.769. The maximum atomic E-state index is 3.37. The molecule has 1 saturated carbocycles. The van der Waals surface area contributed by atoms with E-state index in [1.807, 2.05) is 0 Å². The van der Waals surface area contributed by atoms with Crippen LogP contribution in [0.2, 0.25) is 0 Å². The van der Waals surface area contributed by atoms with Crippen LogP contribution in [0.3, 0.4) is 0 Å². The Bertz CT molecular complexity index is 615. The molecular formula is C20H25N. The van der Waals surface area contributed by atoms with Crippen molar-refractivity contribution in [3.8, 4) is 0 Å². The zero-order valence-electron chi connectivity index (χ0n) is 12.9. The van der Waals surface area contributed by atoms with Crippen LogP contribution in [0, 0.1) is 5.92 Å². The van der Waals surface area contributed by atoms with E-state index < -0.39 is 0 Å². The van der Waals surface area contributed by atoms with Crippen molar-refractivity contribution in [2.45, 2.75) is 32.1 Å². The quantitative estimate of drug-likeness (QED) is 0.828. The molecule has 21 heavy (non-hydrogen) atoms. The van der Waals surface area contributed by atoms with Gasteiger partial charge < -0.3 is 5.32 Å². The second-order valence-corrected chi connectivity index (χ2v) is 6.15. The predicted octanol–water partition coefficient (Wildman–Crippen LogP) is 5.02. The van der Waals surface area contributed by atoms with Crippen LogP contribution in [-0.4, -0.2) is 13.6 Å². The lowest BCUT2D eigenvalue weighted by Crippen LogP contribution is -2.19. The molecule has 0 spiro atoms. The number of likely N-dealkylation sites (N-methyl/N-ethyl adjacent to an activating group) is 1. The summed E-state index contributed by atoms with van der Waals surface area (Å²) in [4.78, 5) is 0. The van der Waals surface area contributed by atoms with Gasteiger partial charge in [-0.15, -0.1) is 0 Å². The Morgan fingerprint density at radius 2 is 1.81 bits per heavy atom. The van der Waals surface area contributed by atoms with Gasteiger partial charge in [-0.2, -0.15) is 0 Å². The highest BCUT2D eigenvalue weighted by Gasteiger charge is 2.17. The van der Waals surface area contributed by atoms with E-state index in [2.05, 4.69) is 60.9 Å². The molecule has 0 atom stereocenters. The molecule has 0 bridgehead atoms. The fourth-order valence-corrected chi connectivity index (χ4v) is 3.57. The predicted molar refractivity (Wildman–Crippen MR) is 92.4 cm³/mol. The average Bonchev–Trinajstić information content (AvgIpc) is 2.55. The van der Waals surface area contributed by atoms with Crippen LogP contribution in [0.25, 0.3) is 16.8 Å². The van der Waals surface area contributed by atoms with Gasteiger partial charge in [-0.25, -0.2) is 0 Å². The Hall–Kier alpha value is -1.60. The van der Waals surface area contributed by atoms with E-state index in [0.717, 1.165) is 12.5 Å². The number of hydrogen-bond donors (Lipinski definition) is 1. The third-order valence-electron chi connectivity index (χ3n) is 4.67. The normalized spacial score (nSPS) is 17.3. The van der Waals surface area contributed by atoms with Gasteiger partial charge in [0.05, 0.1) is 0 Å². The summed E-state index contributed by atoms with van der Waals surface area (Å²) >= 11 is 0. The van der Waals surface area contributed by atoms with E-state index in [1.165, 1.54) is 48.4 Å². The molecule has 0 radical (unpaired) electrons. The van der Waals surface area contributed by atoms with Crippen LogP contribution in [0.4, 0.5) is 0 Å². The summed E-state index contributed by atoms with van der Waals surface area (Å²) in [7, 11) is 2.06. The Balaban J connectivity index is 1.98. The molecule has 1 aliphatic rings. The molecule has 2 aromatic rings. The molecule has 0 saturated heterocycles. The Morgan fingerprint density at radius 1 is 1.05 bits per heavy atom. The summed E-state index contributed by atoms with van der Waals surface area (Å²) in [6, 6.07) is 15.3. The van der Waals surface area contributed by atoms with Gasteiger partial charge in [-0.3, -0.25) is 0 Å². The van der Waals surface area contributed by atoms with Gasteiger partial charge in [0.2, 0.25) is 0 Å². The summed E-state index contributed by atoms with van der Waals surface area (Å²) < 4.78 is 0. The van der Waals surface area contributed by atoms with Gasteiger partial charge in [0.25, 0.3) is 0 Å². The summed E-state index contributed by atoms with van der Waals surface area (Å²) in [5.41, 5.74) is 2.94. The van der Waals surface area contributed by atoms with Crippen molar-refractivity contribution in [3.05, 3.63) is 53.6 Å². The maximum absolute atomic E-state index is 3.37. The van der Waals surface area contributed by atoms with Gasteiger partial charge in [0.1, 0.15) is 0 Å². The molecule has 2 aromatic carbocycles. The third-order valence-corrected chi connectivity index (χ3v) is 4.67. The highest BCUT2D eigenvalue weighted by Crippen LogP contribution is 2.31. The molecule has 0 heterocycles. The molecule has 1 nitrogen and oxygen atoms in total. The van der Waals surface area contributed by atoms with E-state index in [-0.39, 0.29) is 0 Å². The van der Waals surface area contributed by atoms with Crippen LogP contribution in [0.15, 0.2) is 48.0 Å². The summed E-state index contributed by atoms with van der Waals surface area (Å²) in [5.74, 6) is 0.769. The molecular weight excluding hydrogens is 254 g/mol. The van der Waals surface area contributed by atoms with Crippen molar-refractivity contribution >= 4 is 16.8 Å². The van der Waals surface area contributed by atoms with E-state index in [4.69, 9.17) is 0 Å². The molecule has 0 amide bonds. The van der Waals surface area contributed by atoms with Crippen LogP contribution >= 0.6 is 0 Å². The molecule has 1 N–H and O–H groups in total. The van der Waals surface area contributed by atoms with Crippen molar-refractivity contribution in [3.63, 3.8) is 0 Å². The lowest BCUT2D eigenvalue weighted by molar-refractivity contribution is 0.398. The third kappa shape index (κ3) is 3.36. The zero-order valence-corrected chi connectivity index (χ0v) is 12.9. The van der Waals surface area contributed by atoms with Gasteiger partial charge in [0, 0.05) is 6.54 Å². The average molecular weight is 279 g/mol. The maximum Gasteiger partial charge on any atom is 0.0167 e. The Labute approximate surface area is 128 Å². The molecule has 0 aromatic heterocycles. The van der Waals surface area contributed by atoms with Crippen molar-refractivity contribution in [2.24, 2.45) is 5.92 Å². The summed E-state index contributed by atoms with van der Waals surface area (Å²) in [5, 5.41) is 6.06.